The predicted octanol–water partition coefficient (Wildman–Crippen LogP) is 3.47. The molecule has 2 rings (SSSR count). The van der Waals surface area contributed by atoms with Gasteiger partial charge in [0.05, 0.1) is 6.54 Å². The van der Waals surface area contributed by atoms with Gasteiger partial charge in [0.25, 0.3) is 0 Å². The van der Waals surface area contributed by atoms with Crippen LogP contribution in [-0.4, -0.2) is 6.54 Å². The van der Waals surface area contributed by atoms with Gasteiger partial charge in [-0.15, -0.1) is 0 Å². The molecule has 0 aliphatic rings. The largest absolute Gasteiger partial charge is 0.460 e. The highest BCUT2D eigenvalue weighted by atomic mass is 19.2. The average molecular weight is 255 g/mol. The number of nitrogens with one attached hydrogen (secondary N) is 1. The zero-order valence-corrected chi connectivity index (χ0v) is 9.77. The lowest BCUT2D eigenvalue weighted by atomic mass is 10.1. The first-order valence-corrected chi connectivity index (χ1v) is 5.56. The zero-order chi connectivity index (χ0) is 13.1. The number of furan rings is 1. The maximum atomic E-state index is 13.1. The summed E-state index contributed by atoms with van der Waals surface area (Å²) in [6.45, 7) is 3.27. The van der Waals surface area contributed by atoms with Crippen LogP contribution in [0.4, 0.5) is 13.2 Å². The highest BCUT2D eigenvalue weighted by Crippen LogP contribution is 2.25. The Morgan fingerprint density at radius 2 is 1.78 bits per heavy atom. The van der Waals surface area contributed by atoms with Crippen LogP contribution in [0.1, 0.15) is 12.7 Å². The van der Waals surface area contributed by atoms with Crippen LogP contribution in [0.25, 0.3) is 11.3 Å². The van der Waals surface area contributed by atoms with Crippen LogP contribution in [0.15, 0.2) is 28.7 Å². The van der Waals surface area contributed by atoms with E-state index in [1.54, 1.807) is 12.1 Å². The van der Waals surface area contributed by atoms with Gasteiger partial charge in [0.1, 0.15) is 11.5 Å². The lowest BCUT2D eigenvalue weighted by Crippen LogP contribution is -2.10. The number of benzene rings is 1. The molecule has 0 radical (unpaired) electrons. The topological polar surface area (TPSA) is 25.2 Å². The smallest absolute Gasteiger partial charge is 0.194 e. The number of hydrogen-bond acceptors (Lipinski definition) is 2. The standard InChI is InChI=1S/C13H12F3NO/c1-2-17-7-9-3-4-12(18-9)8-5-10(14)13(16)11(15)6-8/h3-6,17H,2,7H2,1H3. The molecule has 1 aromatic carbocycles. The van der Waals surface area contributed by atoms with Gasteiger partial charge in [-0.1, -0.05) is 6.92 Å². The molecule has 2 aromatic rings. The van der Waals surface area contributed by atoms with Gasteiger partial charge in [0.15, 0.2) is 17.5 Å². The van der Waals surface area contributed by atoms with Crippen molar-refractivity contribution in [3.63, 3.8) is 0 Å². The molecular weight excluding hydrogens is 243 g/mol. The molecule has 0 bridgehead atoms. The van der Waals surface area contributed by atoms with E-state index in [2.05, 4.69) is 5.32 Å². The van der Waals surface area contributed by atoms with Crippen molar-refractivity contribution in [1.82, 2.24) is 5.32 Å². The van der Waals surface area contributed by atoms with E-state index < -0.39 is 17.5 Å². The fraction of sp³-hybridized carbons (Fsp3) is 0.231. The molecule has 0 amide bonds. The molecule has 96 valence electrons. The summed E-state index contributed by atoms with van der Waals surface area (Å²) in [5, 5.41) is 3.06. The minimum Gasteiger partial charge on any atom is -0.460 e. The van der Waals surface area contributed by atoms with Gasteiger partial charge in [0.2, 0.25) is 0 Å². The van der Waals surface area contributed by atoms with E-state index in [-0.39, 0.29) is 5.56 Å². The Bertz CT molecular complexity index is 528. The van der Waals surface area contributed by atoms with E-state index in [0.29, 0.717) is 18.1 Å². The Hall–Kier alpha value is -1.75. The summed E-state index contributed by atoms with van der Waals surface area (Å²) in [6.07, 6.45) is 0. The van der Waals surface area contributed by atoms with Crippen LogP contribution in [-0.2, 0) is 6.54 Å². The van der Waals surface area contributed by atoms with Crippen molar-refractivity contribution in [2.45, 2.75) is 13.5 Å². The minimum absolute atomic E-state index is 0.175. The fourth-order valence-electron chi connectivity index (χ4n) is 1.57. The Balaban J connectivity index is 2.28. The molecule has 0 unspecified atom stereocenters. The van der Waals surface area contributed by atoms with Gasteiger partial charge < -0.3 is 9.73 Å². The van der Waals surface area contributed by atoms with Gasteiger partial charge in [-0.25, -0.2) is 13.2 Å². The Morgan fingerprint density at radius 3 is 2.39 bits per heavy atom. The quantitative estimate of drug-likeness (QED) is 0.846. The molecule has 2 nitrogen and oxygen atoms in total. The normalized spacial score (nSPS) is 10.9. The average Bonchev–Trinajstić information content (AvgIpc) is 2.81. The molecule has 1 heterocycles. The Kier molecular flexibility index (Phi) is 3.72. The maximum Gasteiger partial charge on any atom is 0.194 e. The van der Waals surface area contributed by atoms with Crippen molar-refractivity contribution >= 4 is 0 Å². The number of hydrogen-bond donors (Lipinski definition) is 1. The second-order valence-electron chi connectivity index (χ2n) is 3.80. The van der Waals surface area contributed by atoms with Crippen molar-refractivity contribution in [3.8, 4) is 11.3 Å². The minimum atomic E-state index is -1.47. The van der Waals surface area contributed by atoms with E-state index in [9.17, 15) is 13.2 Å². The van der Waals surface area contributed by atoms with E-state index in [1.807, 2.05) is 6.92 Å². The molecule has 18 heavy (non-hydrogen) atoms. The maximum absolute atomic E-state index is 13.1. The van der Waals surface area contributed by atoms with Gasteiger partial charge in [-0.3, -0.25) is 0 Å². The molecule has 1 aromatic heterocycles. The lowest BCUT2D eigenvalue weighted by molar-refractivity contribution is 0.446. The van der Waals surface area contributed by atoms with Gasteiger partial charge in [0, 0.05) is 5.56 Å². The second-order valence-corrected chi connectivity index (χ2v) is 3.80. The molecule has 0 spiro atoms. The SMILES string of the molecule is CCNCc1ccc(-c2cc(F)c(F)c(F)c2)o1. The van der Waals surface area contributed by atoms with E-state index in [4.69, 9.17) is 4.42 Å². The van der Waals surface area contributed by atoms with Crippen LogP contribution >= 0.6 is 0 Å². The molecule has 5 heteroatoms. The summed E-state index contributed by atoms with van der Waals surface area (Å²) >= 11 is 0. The molecule has 0 saturated carbocycles. The van der Waals surface area contributed by atoms with Crippen molar-refractivity contribution in [2.75, 3.05) is 6.54 Å². The summed E-state index contributed by atoms with van der Waals surface area (Å²) in [7, 11) is 0. The van der Waals surface area contributed by atoms with Crippen LogP contribution in [0.3, 0.4) is 0 Å². The van der Waals surface area contributed by atoms with Crippen molar-refractivity contribution in [1.29, 1.82) is 0 Å². The van der Waals surface area contributed by atoms with Crippen molar-refractivity contribution in [3.05, 3.63) is 47.5 Å². The highest BCUT2D eigenvalue weighted by Gasteiger charge is 2.13. The van der Waals surface area contributed by atoms with Crippen LogP contribution in [0.5, 0.6) is 0 Å². The van der Waals surface area contributed by atoms with E-state index in [0.717, 1.165) is 18.7 Å². The third-order valence-corrected chi connectivity index (χ3v) is 2.48. The summed E-state index contributed by atoms with van der Waals surface area (Å²) in [5.41, 5.74) is 0.175. The monoisotopic (exact) mass is 255 g/mol. The van der Waals surface area contributed by atoms with Gasteiger partial charge in [-0.2, -0.15) is 0 Å². The highest BCUT2D eigenvalue weighted by molar-refractivity contribution is 5.57. The molecule has 0 aliphatic carbocycles. The molecular formula is C13H12F3NO. The first-order valence-electron chi connectivity index (χ1n) is 5.56. The molecule has 0 aliphatic heterocycles. The third kappa shape index (κ3) is 2.56. The molecule has 1 N–H and O–H groups in total. The zero-order valence-electron chi connectivity index (χ0n) is 9.77. The molecule has 0 fully saturated rings. The second kappa shape index (κ2) is 5.27. The number of rotatable bonds is 4. The summed E-state index contributed by atoms with van der Waals surface area (Å²) in [6, 6.07) is 5.12. The Morgan fingerprint density at radius 1 is 1.11 bits per heavy atom. The first-order chi connectivity index (χ1) is 8.61. The van der Waals surface area contributed by atoms with Crippen molar-refractivity contribution in [2.24, 2.45) is 0 Å². The van der Waals surface area contributed by atoms with Crippen LogP contribution in [0, 0.1) is 17.5 Å². The van der Waals surface area contributed by atoms with Gasteiger partial charge in [-0.05, 0) is 30.8 Å². The molecule has 0 atom stereocenters. The first kappa shape index (κ1) is 12.7. The van der Waals surface area contributed by atoms with Crippen molar-refractivity contribution < 1.29 is 17.6 Å². The summed E-state index contributed by atoms with van der Waals surface area (Å²) < 4.78 is 44.3. The summed E-state index contributed by atoms with van der Waals surface area (Å²) in [4.78, 5) is 0. The lowest BCUT2D eigenvalue weighted by Gasteiger charge is -2.01. The summed E-state index contributed by atoms with van der Waals surface area (Å²) in [5.74, 6) is -2.97. The van der Waals surface area contributed by atoms with Crippen LogP contribution < -0.4 is 5.32 Å². The molecule has 0 saturated heterocycles. The van der Waals surface area contributed by atoms with E-state index >= 15 is 0 Å². The Labute approximate surface area is 102 Å². The fourth-order valence-corrected chi connectivity index (χ4v) is 1.57. The third-order valence-electron chi connectivity index (χ3n) is 2.48. The van der Waals surface area contributed by atoms with E-state index in [1.165, 1.54) is 0 Å². The predicted molar refractivity (Wildman–Crippen MR) is 61.4 cm³/mol. The van der Waals surface area contributed by atoms with Gasteiger partial charge >= 0.3 is 0 Å². The van der Waals surface area contributed by atoms with Crippen LogP contribution in [0.2, 0.25) is 0 Å². The number of halogens is 3.